The molecule has 0 spiro atoms. The van der Waals surface area contributed by atoms with Crippen LogP contribution in [0.15, 0.2) is 0 Å². The Morgan fingerprint density at radius 1 is 1.00 bits per heavy atom. The van der Waals surface area contributed by atoms with Gasteiger partial charge in [0, 0.05) is 13.2 Å². The van der Waals surface area contributed by atoms with Crippen LogP contribution in [0.25, 0.3) is 0 Å². The number of unbranched alkanes of at least 4 members (excludes halogenated alkanes) is 4. The van der Waals surface area contributed by atoms with Gasteiger partial charge in [-0.1, -0.05) is 46.0 Å². The molecule has 0 aromatic heterocycles. The second-order valence-electron chi connectivity index (χ2n) is 4.31. The predicted molar refractivity (Wildman–Crippen MR) is 67.3 cm³/mol. The van der Waals surface area contributed by atoms with Crippen LogP contribution in [0.5, 0.6) is 0 Å². The zero-order valence-corrected chi connectivity index (χ0v) is 10.8. The van der Waals surface area contributed by atoms with Crippen LogP contribution in [0, 0.1) is 0 Å². The first kappa shape index (κ1) is 14.9. The van der Waals surface area contributed by atoms with Gasteiger partial charge in [0.2, 0.25) is 0 Å². The van der Waals surface area contributed by atoms with Gasteiger partial charge in [-0.25, -0.2) is 0 Å². The van der Waals surface area contributed by atoms with Gasteiger partial charge < -0.3 is 10.1 Å². The van der Waals surface area contributed by atoms with E-state index in [4.69, 9.17) is 4.74 Å². The summed E-state index contributed by atoms with van der Waals surface area (Å²) in [7, 11) is 1.79. The average Bonchev–Trinajstić information content (AvgIpc) is 2.25. The van der Waals surface area contributed by atoms with Crippen LogP contribution in [0.2, 0.25) is 0 Å². The van der Waals surface area contributed by atoms with Crippen molar-refractivity contribution in [2.24, 2.45) is 0 Å². The summed E-state index contributed by atoms with van der Waals surface area (Å²) in [5, 5.41) is 3.54. The summed E-state index contributed by atoms with van der Waals surface area (Å²) in [5.41, 5.74) is 0. The highest BCUT2D eigenvalue weighted by atomic mass is 16.5. The fraction of sp³-hybridized carbons (Fsp3) is 1.00. The first-order valence-corrected chi connectivity index (χ1v) is 6.57. The van der Waals surface area contributed by atoms with Crippen molar-refractivity contribution in [3.8, 4) is 0 Å². The summed E-state index contributed by atoms with van der Waals surface area (Å²) in [4.78, 5) is 0. The Kier molecular flexibility index (Phi) is 11.9. The maximum atomic E-state index is 5.22. The third-order valence-corrected chi connectivity index (χ3v) is 2.71. The molecule has 15 heavy (non-hydrogen) atoms. The minimum absolute atomic E-state index is 0.566. The Bertz CT molecular complexity index is 117. The summed E-state index contributed by atoms with van der Waals surface area (Å²) in [6.07, 6.45) is 9.29. The van der Waals surface area contributed by atoms with Crippen LogP contribution < -0.4 is 5.32 Å². The van der Waals surface area contributed by atoms with Crippen molar-refractivity contribution < 1.29 is 4.74 Å². The van der Waals surface area contributed by atoms with Crippen LogP contribution in [-0.4, -0.2) is 26.3 Å². The molecule has 0 aliphatic carbocycles. The Labute approximate surface area is 95.8 Å². The molecule has 0 saturated carbocycles. The summed E-state index contributed by atoms with van der Waals surface area (Å²) in [5.74, 6) is 0. The number of nitrogens with one attached hydrogen (secondary N) is 1. The van der Waals surface area contributed by atoms with Crippen molar-refractivity contribution in [3.05, 3.63) is 0 Å². The van der Waals surface area contributed by atoms with Crippen LogP contribution in [0.1, 0.15) is 58.8 Å². The lowest BCUT2D eigenvalue weighted by atomic mass is 10.1. The lowest BCUT2D eigenvalue weighted by Crippen LogP contribution is -2.33. The van der Waals surface area contributed by atoms with Gasteiger partial charge >= 0.3 is 0 Å². The molecule has 0 bridgehead atoms. The van der Waals surface area contributed by atoms with Gasteiger partial charge in [-0.2, -0.15) is 0 Å². The second-order valence-corrected chi connectivity index (χ2v) is 4.31. The largest absolute Gasteiger partial charge is 0.383 e. The van der Waals surface area contributed by atoms with Crippen molar-refractivity contribution in [2.45, 2.75) is 64.8 Å². The molecule has 0 aliphatic rings. The lowest BCUT2D eigenvalue weighted by Gasteiger charge is -2.17. The maximum Gasteiger partial charge on any atom is 0.0615 e. The molecule has 0 saturated heterocycles. The number of ether oxygens (including phenoxy) is 1. The second kappa shape index (κ2) is 12.0. The van der Waals surface area contributed by atoms with Crippen molar-refractivity contribution >= 4 is 0 Å². The molecule has 1 N–H and O–H groups in total. The van der Waals surface area contributed by atoms with E-state index < -0.39 is 0 Å². The molecule has 0 aliphatic heterocycles. The average molecular weight is 215 g/mol. The first-order chi connectivity index (χ1) is 7.35. The highest BCUT2D eigenvalue weighted by molar-refractivity contribution is 4.65. The zero-order chi connectivity index (χ0) is 11.4. The zero-order valence-electron chi connectivity index (χ0n) is 10.8. The summed E-state index contributed by atoms with van der Waals surface area (Å²) in [6.45, 7) is 6.44. The van der Waals surface area contributed by atoms with Crippen LogP contribution in [0.3, 0.4) is 0 Å². The monoisotopic (exact) mass is 215 g/mol. The third kappa shape index (κ3) is 10.2. The molecule has 0 aromatic rings. The molecule has 0 radical (unpaired) electrons. The molecule has 2 nitrogen and oxygen atoms in total. The van der Waals surface area contributed by atoms with Gasteiger partial charge in [0.15, 0.2) is 0 Å². The standard InChI is InChI=1S/C13H29NO/c1-4-6-7-8-9-10-13(12-15-3)14-11-5-2/h13-14H,4-12H2,1-3H3. The highest BCUT2D eigenvalue weighted by Crippen LogP contribution is 2.07. The summed E-state index contributed by atoms with van der Waals surface area (Å²) in [6, 6.07) is 0.566. The van der Waals surface area contributed by atoms with Crippen molar-refractivity contribution in [3.63, 3.8) is 0 Å². The topological polar surface area (TPSA) is 21.3 Å². The molecule has 1 unspecified atom stereocenters. The smallest absolute Gasteiger partial charge is 0.0615 e. The van der Waals surface area contributed by atoms with Gasteiger partial charge in [-0.05, 0) is 19.4 Å². The Morgan fingerprint density at radius 2 is 1.73 bits per heavy atom. The Hall–Kier alpha value is -0.0800. The number of rotatable bonds is 11. The van der Waals surface area contributed by atoms with E-state index >= 15 is 0 Å². The van der Waals surface area contributed by atoms with Gasteiger partial charge in [-0.3, -0.25) is 0 Å². The molecule has 0 heterocycles. The molecule has 0 amide bonds. The van der Waals surface area contributed by atoms with Gasteiger partial charge in [0.05, 0.1) is 6.61 Å². The molecule has 0 rings (SSSR count). The third-order valence-electron chi connectivity index (χ3n) is 2.71. The van der Waals surface area contributed by atoms with E-state index in [1.165, 1.54) is 44.9 Å². The number of hydrogen-bond acceptors (Lipinski definition) is 2. The minimum atomic E-state index is 0.566. The van der Waals surface area contributed by atoms with Crippen molar-refractivity contribution in [1.29, 1.82) is 0 Å². The minimum Gasteiger partial charge on any atom is -0.383 e. The Balaban J connectivity index is 3.38. The number of hydrogen-bond donors (Lipinski definition) is 1. The van der Waals surface area contributed by atoms with Crippen LogP contribution >= 0.6 is 0 Å². The van der Waals surface area contributed by atoms with Crippen molar-refractivity contribution in [1.82, 2.24) is 5.32 Å². The molecule has 0 fully saturated rings. The lowest BCUT2D eigenvalue weighted by molar-refractivity contribution is 0.161. The molecular weight excluding hydrogens is 186 g/mol. The van der Waals surface area contributed by atoms with E-state index in [2.05, 4.69) is 19.2 Å². The summed E-state index contributed by atoms with van der Waals surface area (Å²) >= 11 is 0. The van der Waals surface area contributed by atoms with Crippen molar-refractivity contribution in [2.75, 3.05) is 20.3 Å². The van der Waals surface area contributed by atoms with E-state index in [1.807, 2.05) is 0 Å². The van der Waals surface area contributed by atoms with Gasteiger partial charge in [0.25, 0.3) is 0 Å². The van der Waals surface area contributed by atoms with E-state index in [0.717, 1.165) is 13.2 Å². The molecule has 92 valence electrons. The fourth-order valence-electron chi connectivity index (χ4n) is 1.79. The molecule has 2 heteroatoms. The first-order valence-electron chi connectivity index (χ1n) is 6.57. The van der Waals surface area contributed by atoms with Crippen LogP contribution in [-0.2, 0) is 4.74 Å². The van der Waals surface area contributed by atoms with E-state index in [1.54, 1.807) is 7.11 Å². The normalized spacial score (nSPS) is 13.0. The highest BCUT2D eigenvalue weighted by Gasteiger charge is 2.05. The van der Waals surface area contributed by atoms with E-state index in [0.29, 0.717) is 6.04 Å². The van der Waals surface area contributed by atoms with Gasteiger partial charge in [-0.15, -0.1) is 0 Å². The van der Waals surface area contributed by atoms with E-state index in [-0.39, 0.29) is 0 Å². The van der Waals surface area contributed by atoms with Gasteiger partial charge in [0.1, 0.15) is 0 Å². The quantitative estimate of drug-likeness (QED) is 0.534. The Morgan fingerprint density at radius 3 is 2.33 bits per heavy atom. The van der Waals surface area contributed by atoms with Crippen LogP contribution in [0.4, 0.5) is 0 Å². The predicted octanol–water partition coefficient (Wildman–Crippen LogP) is 3.36. The molecule has 1 atom stereocenters. The SMILES string of the molecule is CCCCCCCC(COC)NCCC. The molecular formula is C13H29NO. The summed E-state index contributed by atoms with van der Waals surface area (Å²) < 4.78 is 5.22. The number of methoxy groups -OCH3 is 1. The fourth-order valence-corrected chi connectivity index (χ4v) is 1.79. The maximum absolute atomic E-state index is 5.22. The molecule has 0 aromatic carbocycles. The van der Waals surface area contributed by atoms with E-state index in [9.17, 15) is 0 Å².